The fourth-order valence-electron chi connectivity index (χ4n) is 2.42. The Morgan fingerprint density at radius 3 is 2.48 bits per heavy atom. The standard InChI is InChI=1S/C19H15N5O3/c1-26-13-7-5-11(6-8-13)18(25)27-14-4-2-3-12(9-14)16-15(10-20)17(21)24-19(22)23-16/h2-9H,1H3,(H4,21,22,23,24). The number of rotatable bonds is 4. The van der Waals surface area contributed by atoms with Crippen molar-refractivity contribution in [3.63, 3.8) is 0 Å². The Morgan fingerprint density at radius 1 is 1.07 bits per heavy atom. The molecule has 3 rings (SSSR count). The van der Waals surface area contributed by atoms with Gasteiger partial charge in [-0.05, 0) is 36.4 Å². The molecule has 8 nitrogen and oxygen atoms in total. The smallest absolute Gasteiger partial charge is 0.343 e. The summed E-state index contributed by atoms with van der Waals surface area (Å²) in [6.45, 7) is 0. The predicted molar refractivity (Wildman–Crippen MR) is 99.0 cm³/mol. The van der Waals surface area contributed by atoms with E-state index in [0.29, 0.717) is 16.9 Å². The second kappa shape index (κ2) is 7.41. The molecule has 0 aliphatic heterocycles. The number of ether oxygens (including phenoxy) is 2. The summed E-state index contributed by atoms with van der Waals surface area (Å²) in [7, 11) is 1.54. The summed E-state index contributed by atoms with van der Waals surface area (Å²) in [5.74, 6) is 0.323. The first-order valence-corrected chi connectivity index (χ1v) is 7.81. The van der Waals surface area contributed by atoms with Gasteiger partial charge in [-0.15, -0.1) is 0 Å². The fourth-order valence-corrected chi connectivity index (χ4v) is 2.42. The van der Waals surface area contributed by atoms with Crippen LogP contribution < -0.4 is 20.9 Å². The number of carbonyl (C=O) groups excluding carboxylic acids is 1. The number of anilines is 2. The molecule has 0 aliphatic rings. The second-order valence-corrected chi connectivity index (χ2v) is 5.45. The number of nitrogens with two attached hydrogens (primary N) is 2. The molecule has 0 radical (unpaired) electrons. The minimum Gasteiger partial charge on any atom is -0.497 e. The topological polar surface area (TPSA) is 137 Å². The van der Waals surface area contributed by atoms with Gasteiger partial charge >= 0.3 is 5.97 Å². The Labute approximate surface area is 155 Å². The number of benzene rings is 2. The third-order valence-corrected chi connectivity index (χ3v) is 3.71. The molecule has 0 aliphatic carbocycles. The minimum absolute atomic E-state index is 0.0133. The molecule has 0 saturated carbocycles. The summed E-state index contributed by atoms with van der Waals surface area (Å²) in [5, 5.41) is 9.31. The normalized spacial score (nSPS) is 10.1. The Morgan fingerprint density at radius 2 is 1.81 bits per heavy atom. The van der Waals surface area contributed by atoms with Crippen LogP contribution in [-0.2, 0) is 0 Å². The molecule has 27 heavy (non-hydrogen) atoms. The van der Waals surface area contributed by atoms with Gasteiger partial charge in [0.15, 0.2) is 0 Å². The average molecular weight is 361 g/mol. The summed E-state index contributed by atoms with van der Waals surface area (Å²) in [5.41, 5.74) is 12.6. The van der Waals surface area contributed by atoms with E-state index in [1.54, 1.807) is 55.6 Å². The zero-order valence-corrected chi connectivity index (χ0v) is 14.3. The molecule has 0 unspecified atom stereocenters. The van der Waals surface area contributed by atoms with Crippen molar-refractivity contribution in [1.82, 2.24) is 9.97 Å². The molecule has 0 bridgehead atoms. The van der Waals surface area contributed by atoms with Gasteiger partial charge in [-0.3, -0.25) is 0 Å². The number of carbonyl (C=O) groups is 1. The predicted octanol–water partition coefficient (Wildman–Crippen LogP) is 2.41. The number of hydrogen-bond donors (Lipinski definition) is 2. The number of nitrogen functional groups attached to an aromatic ring is 2. The number of nitrogens with zero attached hydrogens (tertiary/aromatic N) is 3. The zero-order chi connectivity index (χ0) is 19.4. The zero-order valence-electron chi connectivity index (χ0n) is 14.3. The molecule has 0 spiro atoms. The largest absolute Gasteiger partial charge is 0.497 e. The van der Waals surface area contributed by atoms with Crippen LogP contribution in [0.5, 0.6) is 11.5 Å². The summed E-state index contributed by atoms with van der Waals surface area (Å²) in [6, 6.07) is 15.1. The molecule has 4 N–H and O–H groups in total. The molecule has 0 amide bonds. The van der Waals surface area contributed by atoms with Crippen LogP contribution in [0.25, 0.3) is 11.3 Å². The van der Waals surface area contributed by atoms with E-state index in [0.717, 1.165) is 0 Å². The minimum atomic E-state index is -0.531. The lowest BCUT2D eigenvalue weighted by atomic mass is 10.1. The van der Waals surface area contributed by atoms with Crippen molar-refractivity contribution in [2.45, 2.75) is 0 Å². The second-order valence-electron chi connectivity index (χ2n) is 5.45. The van der Waals surface area contributed by atoms with Gasteiger partial charge in [0.1, 0.15) is 28.9 Å². The van der Waals surface area contributed by atoms with Gasteiger partial charge in [-0.25, -0.2) is 9.78 Å². The van der Waals surface area contributed by atoms with Crippen molar-refractivity contribution in [2.75, 3.05) is 18.6 Å². The molecule has 1 aromatic heterocycles. The van der Waals surface area contributed by atoms with E-state index in [-0.39, 0.29) is 28.8 Å². The highest BCUT2D eigenvalue weighted by molar-refractivity contribution is 5.91. The van der Waals surface area contributed by atoms with Gasteiger partial charge in [0.05, 0.1) is 18.4 Å². The van der Waals surface area contributed by atoms with Gasteiger partial charge in [0.2, 0.25) is 5.95 Å². The molecule has 3 aromatic rings. The quantitative estimate of drug-likeness (QED) is 0.534. The van der Waals surface area contributed by atoms with Crippen molar-refractivity contribution in [3.05, 3.63) is 59.7 Å². The molecular weight excluding hydrogens is 346 g/mol. The van der Waals surface area contributed by atoms with Crippen LogP contribution in [-0.4, -0.2) is 23.0 Å². The maximum Gasteiger partial charge on any atom is 0.343 e. The van der Waals surface area contributed by atoms with Crippen LogP contribution >= 0.6 is 0 Å². The first-order valence-electron chi connectivity index (χ1n) is 7.81. The molecule has 1 heterocycles. The van der Waals surface area contributed by atoms with Crippen LogP contribution in [0.3, 0.4) is 0 Å². The van der Waals surface area contributed by atoms with Gasteiger partial charge < -0.3 is 20.9 Å². The van der Waals surface area contributed by atoms with Crippen molar-refractivity contribution in [1.29, 1.82) is 5.26 Å². The Hall–Kier alpha value is -4.12. The Kier molecular flexibility index (Phi) is 4.86. The molecule has 2 aromatic carbocycles. The van der Waals surface area contributed by atoms with E-state index >= 15 is 0 Å². The highest BCUT2D eigenvalue weighted by Gasteiger charge is 2.15. The Bertz CT molecular complexity index is 1040. The molecule has 0 saturated heterocycles. The van der Waals surface area contributed by atoms with Crippen LogP contribution in [0.15, 0.2) is 48.5 Å². The summed E-state index contributed by atoms with van der Waals surface area (Å²) in [6.07, 6.45) is 0. The first kappa shape index (κ1) is 17.7. The maximum absolute atomic E-state index is 12.3. The average Bonchev–Trinajstić information content (AvgIpc) is 2.67. The van der Waals surface area contributed by atoms with Crippen LogP contribution in [0.2, 0.25) is 0 Å². The number of nitriles is 1. The molecule has 0 fully saturated rings. The van der Waals surface area contributed by atoms with E-state index in [2.05, 4.69) is 9.97 Å². The van der Waals surface area contributed by atoms with E-state index in [1.165, 1.54) is 0 Å². The van der Waals surface area contributed by atoms with Crippen LogP contribution in [0, 0.1) is 11.3 Å². The van der Waals surface area contributed by atoms with Crippen molar-refractivity contribution < 1.29 is 14.3 Å². The number of esters is 1. The third-order valence-electron chi connectivity index (χ3n) is 3.71. The lowest BCUT2D eigenvalue weighted by Gasteiger charge is -2.09. The molecule has 134 valence electrons. The summed E-state index contributed by atoms with van der Waals surface area (Å²) < 4.78 is 10.5. The van der Waals surface area contributed by atoms with E-state index in [9.17, 15) is 10.1 Å². The Balaban J connectivity index is 1.90. The first-order chi connectivity index (χ1) is 13.0. The van der Waals surface area contributed by atoms with Crippen LogP contribution in [0.4, 0.5) is 11.8 Å². The molecule has 8 heteroatoms. The maximum atomic E-state index is 12.3. The molecular formula is C19H15N5O3. The van der Waals surface area contributed by atoms with Crippen molar-refractivity contribution in [2.24, 2.45) is 0 Å². The van der Waals surface area contributed by atoms with Crippen molar-refractivity contribution in [3.8, 4) is 28.8 Å². The number of aromatic nitrogens is 2. The monoisotopic (exact) mass is 361 g/mol. The SMILES string of the molecule is COc1ccc(C(=O)Oc2cccc(-c3nc(N)nc(N)c3C#N)c2)cc1. The molecule has 0 atom stereocenters. The van der Waals surface area contributed by atoms with E-state index in [4.69, 9.17) is 20.9 Å². The highest BCUT2D eigenvalue weighted by Crippen LogP contribution is 2.28. The van der Waals surface area contributed by atoms with Crippen molar-refractivity contribution >= 4 is 17.7 Å². The lowest BCUT2D eigenvalue weighted by molar-refractivity contribution is 0.0735. The van der Waals surface area contributed by atoms with Crippen LogP contribution in [0.1, 0.15) is 15.9 Å². The van der Waals surface area contributed by atoms with Gasteiger partial charge in [0.25, 0.3) is 0 Å². The van der Waals surface area contributed by atoms with Gasteiger partial charge in [0, 0.05) is 5.56 Å². The number of methoxy groups -OCH3 is 1. The van der Waals surface area contributed by atoms with Gasteiger partial charge in [-0.2, -0.15) is 10.2 Å². The summed E-state index contributed by atoms with van der Waals surface area (Å²) >= 11 is 0. The number of hydrogen-bond acceptors (Lipinski definition) is 8. The third kappa shape index (κ3) is 3.77. The fraction of sp³-hybridized carbons (Fsp3) is 0.0526. The van der Waals surface area contributed by atoms with E-state index < -0.39 is 5.97 Å². The van der Waals surface area contributed by atoms with E-state index in [1.807, 2.05) is 6.07 Å². The van der Waals surface area contributed by atoms with Gasteiger partial charge in [-0.1, -0.05) is 12.1 Å². The highest BCUT2D eigenvalue weighted by atomic mass is 16.5. The summed E-state index contributed by atoms with van der Waals surface area (Å²) in [4.78, 5) is 20.2. The lowest BCUT2D eigenvalue weighted by Crippen LogP contribution is -2.08.